The third-order valence-corrected chi connectivity index (χ3v) is 4.02. The van der Waals surface area contributed by atoms with Gasteiger partial charge < -0.3 is 10.6 Å². The van der Waals surface area contributed by atoms with Crippen LogP contribution in [0.1, 0.15) is 32.6 Å². The van der Waals surface area contributed by atoms with Crippen molar-refractivity contribution in [1.82, 2.24) is 15.3 Å². The Morgan fingerprint density at radius 3 is 2.31 bits per heavy atom. The molecule has 0 atom stereocenters. The molecule has 1 amide bonds. The lowest BCUT2D eigenvalue weighted by atomic mass is 10.1. The molecule has 0 unspecified atom stereocenters. The van der Waals surface area contributed by atoms with Gasteiger partial charge in [-0.15, -0.1) is 0 Å². The summed E-state index contributed by atoms with van der Waals surface area (Å²) in [7, 11) is 0. The van der Waals surface area contributed by atoms with Gasteiger partial charge in [-0.1, -0.05) is 59.7 Å². The summed E-state index contributed by atoms with van der Waals surface area (Å²) in [4.78, 5) is 20.7. The van der Waals surface area contributed by atoms with Crippen molar-refractivity contribution in [2.24, 2.45) is 0 Å². The van der Waals surface area contributed by atoms with Crippen LogP contribution in [0.15, 0.2) is 60.9 Å². The summed E-state index contributed by atoms with van der Waals surface area (Å²) >= 11 is 0. The maximum atomic E-state index is 12.2. The second-order valence-corrected chi connectivity index (χ2v) is 6.31. The lowest BCUT2D eigenvalue weighted by Gasteiger charge is -2.07. The second-order valence-electron chi connectivity index (χ2n) is 6.31. The number of hydrogen-bond donors (Lipinski definition) is 2. The molecule has 2 aromatic carbocycles. The first-order chi connectivity index (χ1) is 12.6. The molecule has 0 saturated heterocycles. The molecule has 1 aromatic heterocycles. The molecular formula is C21H22N4O. The molecule has 1 heterocycles. The van der Waals surface area contributed by atoms with Gasteiger partial charge in [0.25, 0.3) is 5.91 Å². The summed E-state index contributed by atoms with van der Waals surface area (Å²) in [6.45, 7) is 5.21. The molecule has 0 fully saturated rings. The van der Waals surface area contributed by atoms with Gasteiger partial charge in [-0.3, -0.25) is 4.79 Å². The van der Waals surface area contributed by atoms with Gasteiger partial charge >= 0.3 is 0 Å². The summed E-state index contributed by atoms with van der Waals surface area (Å²) in [6.07, 6.45) is 3.08. The molecule has 0 radical (unpaired) electrons. The zero-order valence-corrected chi connectivity index (χ0v) is 15.0. The van der Waals surface area contributed by atoms with Crippen LogP contribution in [0.5, 0.6) is 0 Å². The number of carbonyl (C=O) groups excluding carboxylic acids is 1. The number of rotatable bonds is 6. The van der Waals surface area contributed by atoms with Crippen molar-refractivity contribution >= 4 is 11.9 Å². The second kappa shape index (κ2) is 8.25. The topological polar surface area (TPSA) is 66.9 Å². The summed E-state index contributed by atoms with van der Waals surface area (Å²) in [5, 5.41) is 6.04. The molecule has 0 saturated carbocycles. The number of carbonyl (C=O) groups is 1. The highest BCUT2D eigenvalue weighted by Gasteiger charge is 2.07. The highest BCUT2D eigenvalue weighted by molar-refractivity contribution is 5.93. The van der Waals surface area contributed by atoms with E-state index in [1.807, 2.05) is 25.1 Å². The van der Waals surface area contributed by atoms with Crippen LogP contribution in [0, 0.1) is 13.8 Å². The number of benzene rings is 2. The number of nitrogens with one attached hydrogen (secondary N) is 2. The molecule has 26 heavy (non-hydrogen) atoms. The van der Waals surface area contributed by atoms with E-state index in [-0.39, 0.29) is 5.91 Å². The Bertz CT molecular complexity index is 873. The van der Waals surface area contributed by atoms with Gasteiger partial charge in [-0.2, -0.15) is 0 Å². The monoisotopic (exact) mass is 346 g/mol. The number of aryl methyl sites for hydroxylation is 2. The number of nitrogens with zero attached hydrogens (tertiary/aromatic N) is 2. The zero-order valence-electron chi connectivity index (χ0n) is 15.0. The summed E-state index contributed by atoms with van der Waals surface area (Å²) in [5.74, 6) is 0.317. The number of aromatic nitrogens is 2. The van der Waals surface area contributed by atoms with Gasteiger partial charge in [0.15, 0.2) is 0 Å². The van der Waals surface area contributed by atoms with Crippen molar-refractivity contribution in [2.45, 2.75) is 26.9 Å². The van der Waals surface area contributed by atoms with Gasteiger partial charge in [0.2, 0.25) is 5.95 Å². The Balaban J connectivity index is 1.53. The standard InChI is InChI=1S/C21H22N4O/c1-15-6-8-17(9-7-15)11-23-21-24-13-19(14-25-21)20(26)22-12-18-5-3-4-16(2)10-18/h3-10,13-14H,11-12H2,1-2H3,(H,22,26)(H,23,24,25). The average Bonchev–Trinajstić information content (AvgIpc) is 2.66. The minimum Gasteiger partial charge on any atom is -0.350 e. The van der Waals surface area contributed by atoms with Gasteiger partial charge in [-0.25, -0.2) is 9.97 Å². The first-order valence-electron chi connectivity index (χ1n) is 8.55. The minimum absolute atomic E-state index is 0.184. The predicted octanol–water partition coefficient (Wildman–Crippen LogP) is 3.64. The molecule has 0 aliphatic heterocycles. The molecule has 2 N–H and O–H groups in total. The van der Waals surface area contributed by atoms with E-state index in [1.54, 1.807) is 0 Å². The smallest absolute Gasteiger partial charge is 0.254 e. The maximum Gasteiger partial charge on any atom is 0.254 e. The van der Waals surface area contributed by atoms with Crippen LogP contribution in [0.25, 0.3) is 0 Å². The Labute approximate surface area is 153 Å². The normalized spacial score (nSPS) is 10.4. The fourth-order valence-corrected chi connectivity index (χ4v) is 2.53. The first kappa shape index (κ1) is 17.6. The lowest BCUT2D eigenvalue weighted by molar-refractivity contribution is 0.0950. The van der Waals surface area contributed by atoms with Gasteiger partial charge in [-0.05, 0) is 25.0 Å². The first-order valence-corrected chi connectivity index (χ1v) is 8.55. The molecule has 5 nitrogen and oxygen atoms in total. The Morgan fingerprint density at radius 1 is 0.885 bits per heavy atom. The molecule has 0 spiro atoms. The fraction of sp³-hybridized carbons (Fsp3) is 0.190. The average molecular weight is 346 g/mol. The fourth-order valence-electron chi connectivity index (χ4n) is 2.53. The SMILES string of the molecule is Cc1ccc(CNc2ncc(C(=O)NCc3cccc(C)c3)cn2)cc1. The van der Waals surface area contributed by atoms with Crippen molar-refractivity contribution in [1.29, 1.82) is 0 Å². The Hall–Kier alpha value is -3.21. The van der Waals surface area contributed by atoms with E-state index in [4.69, 9.17) is 0 Å². The van der Waals surface area contributed by atoms with Crippen molar-refractivity contribution in [3.8, 4) is 0 Å². The lowest BCUT2D eigenvalue weighted by Crippen LogP contribution is -2.23. The van der Waals surface area contributed by atoms with Crippen LogP contribution < -0.4 is 10.6 Å². The van der Waals surface area contributed by atoms with Gasteiger partial charge in [0, 0.05) is 25.5 Å². The Kier molecular flexibility index (Phi) is 5.59. The van der Waals surface area contributed by atoms with Crippen LogP contribution >= 0.6 is 0 Å². The number of amides is 1. The predicted molar refractivity (Wildman–Crippen MR) is 103 cm³/mol. The highest BCUT2D eigenvalue weighted by Crippen LogP contribution is 2.07. The van der Waals surface area contributed by atoms with E-state index >= 15 is 0 Å². The molecule has 0 bridgehead atoms. The largest absolute Gasteiger partial charge is 0.350 e. The minimum atomic E-state index is -0.184. The number of anilines is 1. The van der Waals surface area contributed by atoms with Crippen LogP contribution in [-0.4, -0.2) is 15.9 Å². The van der Waals surface area contributed by atoms with Gasteiger partial charge in [0.05, 0.1) is 5.56 Å². The van der Waals surface area contributed by atoms with E-state index in [1.165, 1.54) is 23.5 Å². The van der Waals surface area contributed by atoms with E-state index < -0.39 is 0 Å². The van der Waals surface area contributed by atoms with Crippen molar-refractivity contribution < 1.29 is 4.79 Å². The molecule has 132 valence electrons. The molecule has 0 aliphatic carbocycles. The van der Waals surface area contributed by atoms with Crippen molar-refractivity contribution in [2.75, 3.05) is 5.32 Å². The van der Waals surface area contributed by atoms with E-state index in [0.29, 0.717) is 24.6 Å². The molecule has 3 aromatic rings. The van der Waals surface area contributed by atoms with Gasteiger partial charge in [0.1, 0.15) is 0 Å². The summed E-state index contributed by atoms with van der Waals surface area (Å²) in [6, 6.07) is 16.3. The highest BCUT2D eigenvalue weighted by atomic mass is 16.1. The van der Waals surface area contributed by atoms with Crippen LogP contribution in [0.3, 0.4) is 0 Å². The van der Waals surface area contributed by atoms with Crippen molar-refractivity contribution in [3.63, 3.8) is 0 Å². The van der Waals surface area contributed by atoms with Crippen LogP contribution in [0.2, 0.25) is 0 Å². The van der Waals surface area contributed by atoms with E-state index in [2.05, 4.69) is 57.9 Å². The molecular weight excluding hydrogens is 324 g/mol. The maximum absolute atomic E-state index is 12.2. The van der Waals surface area contributed by atoms with E-state index in [0.717, 1.165) is 11.1 Å². The molecule has 0 aliphatic rings. The van der Waals surface area contributed by atoms with E-state index in [9.17, 15) is 4.79 Å². The summed E-state index contributed by atoms with van der Waals surface area (Å²) < 4.78 is 0. The van der Waals surface area contributed by atoms with Crippen LogP contribution in [0.4, 0.5) is 5.95 Å². The summed E-state index contributed by atoms with van der Waals surface area (Å²) in [5.41, 5.74) is 5.06. The third-order valence-electron chi connectivity index (χ3n) is 4.02. The zero-order chi connectivity index (χ0) is 18.4. The van der Waals surface area contributed by atoms with Crippen molar-refractivity contribution in [3.05, 3.63) is 88.7 Å². The quantitative estimate of drug-likeness (QED) is 0.715. The molecule has 3 rings (SSSR count). The molecule has 5 heteroatoms. The third kappa shape index (κ3) is 4.89. The van der Waals surface area contributed by atoms with Crippen LogP contribution in [-0.2, 0) is 13.1 Å². The number of hydrogen-bond acceptors (Lipinski definition) is 4. The Morgan fingerprint density at radius 2 is 1.62 bits per heavy atom.